The lowest BCUT2D eigenvalue weighted by Gasteiger charge is -2.30. The van der Waals surface area contributed by atoms with Crippen LogP contribution in [0.3, 0.4) is 0 Å². The summed E-state index contributed by atoms with van der Waals surface area (Å²) in [5, 5.41) is 3.44. The van der Waals surface area contributed by atoms with Gasteiger partial charge in [0.1, 0.15) is 0 Å². The van der Waals surface area contributed by atoms with E-state index in [0.29, 0.717) is 6.04 Å². The van der Waals surface area contributed by atoms with Gasteiger partial charge in [0, 0.05) is 25.7 Å². The van der Waals surface area contributed by atoms with Gasteiger partial charge >= 0.3 is 0 Å². The summed E-state index contributed by atoms with van der Waals surface area (Å²) in [6.45, 7) is 7.65. The average Bonchev–Trinajstić information content (AvgIpc) is 2.17. The fourth-order valence-electron chi connectivity index (χ4n) is 1.67. The third kappa shape index (κ3) is 3.63. The summed E-state index contributed by atoms with van der Waals surface area (Å²) in [5.41, 5.74) is 0. The molecule has 0 saturated carbocycles. The van der Waals surface area contributed by atoms with E-state index >= 15 is 0 Å². The molecule has 1 heterocycles. The molecule has 72 valence electrons. The molecule has 0 aromatic carbocycles. The van der Waals surface area contributed by atoms with E-state index in [-0.39, 0.29) is 0 Å². The Morgan fingerprint density at radius 3 is 2.77 bits per heavy atom. The predicted octanol–water partition coefficient (Wildman–Crippen LogP) is 0.860. The molecule has 0 atom stereocenters. The van der Waals surface area contributed by atoms with Gasteiger partial charge in [-0.15, -0.1) is 13.0 Å². The van der Waals surface area contributed by atoms with Gasteiger partial charge in [-0.3, -0.25) is 4.90 Å². The van der Waals surface area contributed by atoms with Gasteiger partial charge in [-0.25, -0.2) is 0 Å². The van der Waals surface area contributed by atoms with Crippen molar-refractivity contribution in [2.45, 2.75) is 18.9 Å². The lowest BCUT2D eigenvalue weighted by molar-refractivity contribution is 0.220. The van der Waals surface area contributed by atoms with Crippen LogP contribution in [0.1, 0.15) is 12.8 Å². The first-order valence-corrected chi connectivity index (χ1v) is 4.87. The summed E-state index contributed by atoms with van der Waals surface area (Å²) in [6.07, 6.45) is 9.57. The number of hydrogen-bond donors (Lipinski definition) is 1. The highest BCUT2D eigenvalue weighted by Gasteiger charge is 2.16. The molecule has 1 saturated heterocycles. The van der Waals surface area contributed by atoms with Crippen molar-refractivity contribution in [2.24, 2.45) is 0 Å². The highest BCUT2D eigenvalue weighted by Crippen LogP contribution is 2.09. The van der Waals surface area contributed by atoms with E-state index < -0.39 is 0 Å². The van der Waals surface area contributed by atoms with Gasteiger partial charge in [0.05, 0.1) is 6.54 Å². The molecule has 1 aliphatic rings. The van der Waals surface area contributed by atoms with Crippen LogP contribution < -0.4 is 5.32 Å². The largest absolute Gasteiger partial charge is 0.310 e. The van der Waals surface area contributed by atoms with E-state index in [0.717, 1.165) is 26.2 Å². The molecule has 0 aliphatic carbocycles. The summed E-state index contributed by atoms with van der Waals surface area (Å²) in [6, 6.07) is 0.659. The highest BCUT2D eigenvalue weighted by atomic mass is 15.1. The maximum atomic E-state index is 5.25. The van der Waals surface area contributed by atoms with Crippen LogP contribution in [0.15, 0.2) is 12.7 Å². The standard InChI is InChI=1S/C11H18N2/c1-3-7-12-11-5-9-13(8-4-2)10-6-11/h2-3,11-12H,1,5-10H2. The zero-order chi connectivity index (χ0) is 9.52. The van der Waals surface area contributed by atoms with Crippen LogP contribution in [-0.2, 0) is 0 Å². The molecule has 1 rings (SSSR count). The van der Waals surface area contributed by atoms with E-state index in [1.54, 1.807) is 0 Å². The minimum atomic E-state index is 0.659. The topological polar surface area (TPSA) is 15.3 Å². The lowest BCUT2D eigenvalue weighted by atomic mass is 10.1. The van der Waals surface area contributed by atoms with Crippen LogP contribution in [0.4, 0.5) is 0 Å². The fourth-order valence-corrected chi connectivity index (χ4v) is 1.67. The van der Waals surface area contributed by atoms with Gasteiger partial charge < -0.3 is 5.32 Å². The Bertz CT molecular complexity index is 185. The summed E-state index contributed by atoms with van der Waals surface area (Å²) in [4.78, 5) is 2.33. The molecule has 0 aromatic rings. The molecule has 13 heavy (non-hydrogen) atoms. The van der Waals surface area contributed by atoms with E-state index in [4.69, 9.17) is 6.42 Å². The van der Waals surface area contributed by atoms with Gasteiger partial charge in [0.25, 0.3) is 0 Å². The van der Waals surface area contributed by atoms with Gasteiger partial charge in [-0.05, 0) is 12.8 Å². The van der Waals surface area contributed by atoms with Crippen LogP contribution in [0.5, 0.6) is 0 Å². The van der Waals surface area contributed by atoms with Crippen LogP contribution >= 0.6 is 0 Å². The molecule has 1 N–H and O–H groups in total. The molecular formula is C11H18N2. The van der Waals surface area contributed by atoms with Crippen molar-refractivity contribution < 1.29 is 0 Å². The third-order valence-corrected chi connectivity index (χ3v) is 2.45. The zero-order valence-corrected chi connectivity index (χ0v) is 8.13. The number of rotatable bonds is 4. The smallest absolute Gasteiger partial charge is 0.0598 e. The fraction of sp³-hybridized carbons (Fsp3) is 0.636. The van der Waals surface area contributed by atoms with Crippen molar-refractivity contribution in [2.75, 3.05) is 26.2 Å². The Hall–Kier alpha value is -0.780. The van der Waals surface area contributed by atoms with Crippen molar-refractivity contribution in [1.82, 2.24) is 10.2 Å². The van der Waals surface area contributed by atoms with Crippen molar-refractivity contribution in [3.63, 3.8) is 0 Å². The van der Waals surface area contributed by atoms with Crippen LogP contribution in [0, 0.1) is 12.3 Å². The number of nitrogens with zero attached hydrogens (tertiary/aromatic N) is 1. The minimum absolute atomic E-state index is 0.659. The van der Waals surface area contributed by atoms with E-state index in [2.05, 4.69) is 22.7 Å². The Morgan fingerprint density at radius 2 is 2.23 bits per heavy atom. The second kappa shape index (κ2) is 5.80. The molecule has 0 radical (unpaired) electrons. The van der Waals surface area contributed by atoms with Crippen molar-refractivity contribution in [3.8, 4) is 12.3 Å². The van der Waals surface area contributed by atoms with Crippen molar-refractivity contribution in [1.29, 1.82) is 0 Å². The van der Waals surface area contributed by atoms with Crippen LogP contribution in [0.25, 0.3) is 0 Å². The first-order chi connectivity index (χ1) is 6.36. The number of hydrogen-bond acceptors (Lipinski definition) is 2. The zero-order valence-electron chi connectivity index (χ0n) is 8.13. The molecule has 2 heteroatoms. The first-order valence-electron chi connectivity index (χ1n) is 4.87. The van der Waals surface area contributed by atoms with E-state index in [1.165, 1.54) is 12.8 Å². The van der Waals surface area contributed by atoms with Gasteiger partial charge in [-0.1, -0.05) is 12.0 Å². The van der Waals surface area contributed by atoms with Gasteiger partial charge in [-0.2, -0.15) is 0 Å². The number of likely N-dealkylation sites (tertiary alicyclic amines) is 1. The Balaban J connectivity index is 2.15. The van der Waals surface area contributed by atoms with Crippen molar-refractivity contribution >= 4 is 0 Å². The summed E-state index contributed by atoms with van der Waals surface area (Å²) in [7, 11) is 0. The second-order valence-corrected chi connectivity index (χ2v) is 3.45. The number of terminal acetylenes is 1. The quantitative estimate of drug-likeness (QED) is 0.507. The number of piperidine rings is 1. The summed E-state index contributed by atoms with van der Waals surface area (Å²) < 4.78 is 0. The summed E-state index contributed by atoms with van der Waals surface area (Å²) >= 11 is 0. The monoisotopic (exact) mass is 178 g/mol. The summed E-state index contributed by atoms with van der Waals surface area (Å²) in [5.74, 6) is 2.68. The van der Waals surface area contributed by atoms with Crippen molar-refractivity contribution in [3.05, 3.63) is 12.7 Å². The molecule has 0 unspecified atom stereocenters. The maximum Gasteiger partial charge on any atom is 0.0598 e. The maximum absolute atomic E-state index is 5.25. The molecule has 1 aliphatic heterocycles. The molecule has 1 fully saturated rings. The average molecular weight is 178 g/mol. The number of nitrogens with one attached hydrogen (secondary N) is 1. The normalized spacial score (nSPS) is 19.6. The van der Waals surface area contributed by atoms with Crippen LogP contribution in [0.2, 0.25) is 0 Å². The molecule has 0 bridgehead atoms. The lowest BCUT2D eigenvalue weighted by Crippen LogP contribution is -2.42. The molecular weight excluding hydrogens is 160 g/mol. The Morgan fingerprint density at radius 1 is 1.54 bits per heavy atom. The molecule has 0 amide bonds. The van der Waals surface area contributed by atoms with Gasteiger partial charge in [0.2, 0.25) is 0 Å². The molecule has 0 spiro atoms. The first kappa shape index (κ1) is 10.3. The molecule has 2 nitrogen and oxygen atoms in total. The Kier molecular flexibility index (Phi) is 4.59. The second-order valence-electron chi connectivity index (χ2n) is 3.45. The third-order valence-electron chi connectivity index (χ3n) is 2.45. The van der Waals surface area contributed by atoms with E-state index in [1.807, 2.05) is 6.08 Å². The molecule has 0 aromatic heterocycles. The highest BCUT2D eigenvalue weighted by molar-refractivity contribution is 4.90. The predicted molar refractivity (Wildman–Crippen MR) is 56.5 cm³/mol. The van der Waals surface area contributed by atoms with E-state index in [9.17, 15) is 0 Å². The van der Waals surface area contributed by atoms with Crippen LogP contribution in [-0.4, -0.2) is 37.1 Å². The minimum Gasteiger partial charge on any atom is -0.310 e. The SMILES string of the molecule is C#CCN1CCC(NCC=C)CC1. The van der Waals surface area contributed by atoms with Gasteiger partial charge in [0.15, 0.2) is 0 Å². The Labute approximate surface area is 81.0 Å².